The van der Waals surface area contributed by atoms with Gasteiger partial charge >= 0.3 is 5.97 Å². The Balaban J connectivity index is 4.09. The third kappa shape index (κ3) is 61.1. The van der Waals surface area contributed by atoms with E-state index in [1.54, 1.807) is 0 Å². The summed E-state index contributed by atoms with van der Waals surface area (Å²) in [6.07, 6.45) is 78.3. The molecule has 0 spiro atoms. The van der Waals surface area contributed by atoms with Gasteiger partial charge in [0, 0.05) is 19.6 Å². The van der Waals surface area contributed by atoms with Crippen molar-refractivity contribution in [3.05, 3.63) is 24.3 Å². The average molecular weight is 972 g/mol. The molecule has 0 aromatic rings. The zero-order valence-electron chi connectivity index (χ0n) is 47.6. The molecule has 0 aliphatic rings. The van der Waals surface area contributed by atoms with Crippen LogP contribution in [0.4, 0.5) is 0 Å². The lowest BCUT2D eigenvalue weighted by Crippen LogP contribution is -2.29. The van der Waals surface area contributed by atoms with Crippen molar-refractivity contribution in [3.63, 3.8) is 0 Å². The fraction of sp³-hybridized carbons (Fsp3) is 0.923. The number of hydrogen-bond donors (Lipinski definition) is 0. The lowest BCUT2D eigenvalue weighted by molar-refractivity contribution is -0.156. The molecule has 0 heterocycles. The molecule has 0 unspecified atom stereocenters. The molecular weight excluding hydrogens is 845 g/mol. The van der Waals surface area contributed by atoms with Crippen molar-refractivity contribution in [3.8, 4) is 0 Å². The number of ether oxygens (including phenoxy) is 3. The van der Waals surface area contributed by atoms with Gasteiger partial charge in [-0.3, -0.25) is 4.79 Å². The predicted molar refractivity (Wildman–Crippen MR) is 307 cm³/mol. The van der Waals surface area contributed by atoms with E-state index in [9.17, 15) is 4.79 Å². The van der Waals surface area contributed by atoms with Crippen molar-refractivity contribution in [2.24, 2.45) is 0 Å². The first-order valence-corrected chi connectivity index (χ1v) is 31.9. The number of carbonyl (C=O) groups excluding carboxylic acids is 1. The van der Waals surface area contributed by atoms with E-state index in [1.165, 1.54) is 289 Å². The number of allylic oxidation sites excluding steroid dienone is 4. The van der Waals surface area contributed by atoms with Crippen LogP contribution in [0, 0.1) is 0 Å². The van der Waals surface area contributed by atoms with Crippen molar-refractivity contribution in [2.45, 2.75) is 361 Å². The first kappa shape index (κ1) is 67.9. The molecule has 4 nitrogen and oxygen atoms in total. The average Bonchev–Trinajstić information content (AvgIpc) is 3.35. The van der Waals surface area contributed by atoms with Crippen molar-refractivity contribution in [1.29, 1.82) is 0 Å². The van der Waals surface area contributed by atoms with Gasteiger partial charge in [0.25, 0.3) is 0 Å². The maximum Gasteiger partial charge on any atom is 0.306 e. The quantitative estimate of drug-likeness (QED) is 0.0346. The van der Waals surface area contributed by atoms with Crippen molar-refractivity contribution < 1.29 is 19.0 Å². The van der Waals surface area contributed by atoms with E-state index in [-0.39, 0.29) is 12.1 Å². The summed E-state index contributed by atoms with van der Waals surface area (Å²) in [5.41, 5.74) is 0. The maximum atomic E-state index is 12.9. The summed E-state index contributed by atoms with van der Waals surface area (Å²) >= 11 is 0. The summed E-state index contributed by atoms with van der Waals surface area (Å²) in [5.74, 6) is -0.0875. The minimum absolute atomic E-state index is 0.0875. The molecule has 0 saturated heterocycles. The van der Waals surface area contributed by atoms with Crippen LogP contribution >= 0.6 is 0 Å². The van der Waals surface area contributed by atoms with Gasteiger partial charge < -0.3 is 14.2 Å². The van der Waals surface area contributed by atoms with Gasteiger partial charge in [0.2, 0.25) is 0 Å². The number of carbonyl (C=O) groups is 1. The highest BCUT2D eigenvalue weighted by atomic mass is 16.6. The molecule has 0 rings (SSSR count). The van der Waals surface area contributed by atoms with Crippen LogP contribution in [0.3, 0.4) is 0 Å². The standard InChI is InChI=1S/C65H126O4/c1-4-7-10-13-16-19-22-25-28-30-32-34-36-39-42-45-48-51-54-57-60-67-62-64(69-65(66)59-56-53-50-47-44-41-38-27-24-21-18-15-12-9-6-3)63-68-61-58-55-52-49-46-43-40-37-35-33-31-29-26-23-20-17-14-11-8-5-2/h18,21,27,38,64H,4-17,19-20,22-26,28-37,39-63H2,1-3H3/b21-18-,38-27-. The fourth-order valence-corrected chi connectivity index (χ4v) is 9.79. The fourth-order valence-electron chi connectivity index (χ4n) is 9.79. The van der Waals surface area contributed by atoms with Gasteiger partial charge in [-0.1, -0.05) is 321 Å². The first-order valence-electron chi connectivity index (χ1n) is 31.9. The zero-order valence-corrected chi connectivity index (χ0v) is 47.6. The summed E-state index contributed by atoms with van der Waals surface area (Å²) in [6, 6.07) is 0. The van der Waals surface area contributed by atoms with Crippen LogP contribution in [0.25, 0.3) is 0 Å². The molecule has 0 N–H and O–H groups in total. The third-order valence-electron chi connectivity index (χ3n) is 14.5. The van der Waals surface area contributed by atoms with Crippen LogP contribution in [0.2, 0.25) is 0 Å². The molecule has 0 aromatic heterocycles. The summed E-state index contributed by atoms with van der Waals surface area (Å²) < 4.78 is 18.2. The summed E-state index contributed by atoms with van der Waals surface area (Å²) in [5, 5.41) is 0. The molecule has 0 saturated carbocycles. The molecule has 410 valence electrons. The van der Waals surface area contributed by atoms with Gasteiger partial charge in [-0.25, -0.2) is 0 Å². The Bertz CT molecular complexity index is 943. The normalized spacial score (nSPS) is 11.9. The SMILES string of the molecule is CCCCC/C=C\C/C=C\CCCCCCCC(=O)OC(COCCCCCCCCCCCCCCCCCCCCCC)COCCCCCCCCCCCCCCCCCCCCCC. The van der Waals surface area contributed by atoms with Crippen LogP contribution in [-0.4, -0.2) is 38.5 Å². The summed E-state index contributed by atoms with van der Waals surface area (Å²) in [7, 11) is 0. The first-order chi connectivity index (χ1) is 34.2. The van der Waals surface area contributed by atoms with E-state index in [1.807, 2.05) is 0 Å². The highest BCUT2D eigenvalue weighted by Gasteiger charge is 2.15. The molecular formula is C65H126O4. The maximum absolute atomic E-state index is 12.9. The summed E-state index contributed by atoms with van der Waals surface area (Å²) in [6.45, 7) is 9.26. The molecule has 0 bridgehead atoms. The van der Waals surface area contributed by atoms with Crippen molar-refractivity contribution in [2.75, 3.05) is 26.4 Å². The van der Waals surface area contributed by atoms with E-state index in [0.717, 1.165) is 51.7 Å². The molecule has 0 atom stereocenters. The van der Waals surface area contributed by atoms with Gasteiger partial charge in [0.1, 0.15) is 6.10 Å². The van der Waals surface area contributed by atoms with E-state index < -0.39 is 0 Å². The second-order valence-corrected chi connectivity index (χ2v) is 21.7. The predicted octanol–water partition coefficient (Wildman–Crippen LogP) is 22.4. The smallest absolute Gasteiger partial charge is 0.306 e. The molecule has 0 fully saturated rings. The Kier molecular flexibility index (Phi) is 62.0. The number of hydrogen-bond acceptors (Lipinski definition) is 4. The highest BCUT2D eigenvalue weighted by molar-refractivity contribution is 5.69. The molecule has 0 radical (unpaired) electrons. The lowest BCUT2D eigenvalue weighted by Gasteiger charge is -2.18. The molecule has 0 amide bonds. The van der Waals surface area contributed by atoms with Gasteiger partial charge in [0.15, 0.2) is 0 Å². The topological polar surface area (TPSA) is 44.8 Å². The van der Waals surface area contributed by atoms with Gasteiger partial charge in [0.05, 0.1) is 13.2 Å². The van der Waals surface area contributed by atoms with Crippen LogP contribution in [0.15, 0.2) is 24.3 Å². The highest BCUT2D eigenvalue weighted by Crippen LogP contribution is 2.18. The van der Waals surface area contributed by atoms with Crippen LogP contribution in [-0.2, 0) is 19.0 Å². The largest absolute Gasteiger partial charge is 0.457 e. The Morgan fingerprint density at radius 2 is 0.551 bits per heavy atom. The molecule has 4 heteroatoms. The summed E-state index contributed by atoms with van der Waals surface area (Å²) in [4.78, 5) is 12.9. The van der Waals surface area contributed by atoms with Gasteiger partial charge in [-0.05, 0) is 51.4 Å². The second kappa shape index (κ2) is 63.0. The molecule has 0 aromatic carbocycles. The van der Waals surface area contributed by atoms with Crippen molar-refractivity contribution in [1.82, 2.24) is 0 Å². The van der Waals surface area contributed by atoms with E-state index in [2.05, 4.69) is 45.1 Å². The Hall–Kier alpha value is -1.13. The Morgan fingerprint density at radius 3 is 0.870 bits per heavy atom. The molecule has 0 aliphatic carbocycles. The number of esters is 1. The molecule has 69 heavy (non-hydrogen) atoms. The number of unbranched alkanes of at least 4 members (excludes halogenated alkanes) is 46. The van der Waals surface area contributed by atoms with E-state index in [0.29, 0.717) is 19.6 Å². The van der Waals surface area contributed by atoms with E-state index >= 15 is 0 Å². The zero-order chi connectivity index (χ0) is 49.7. The number of rotatable bonds is 61. The van der Waals surface area contributed by atoms with Crippen LogP contribution < -0.4 is 0 Å². The van der Waals surface area contributed by atoms with E-state index in [4.69, 9.17) is 14.2 Å². The molecule has 0 aliphatic heterocycles. The van der Waals surface area contributed by atoms with Gasteiger partial charge in [-0.2, -0.15) is 0 Å². The van der Waals surface area contributed by atoms with Crippen LogP contribution in [0.1, 0.15) is 355 Å². The minimum Gasteiger partial charge on any atom is -0.457 e. The Labute approximate surface area is 434 Å². The lowest BCUT2D eigenvalue weighted by atomic mass is 10.0. The minimum atomic E-state index is -0.300. The third-order valence-corrected chi connectivity index (χ3v) is 14.5. The monoisotopic (exact) mass is 971 g/mol. The van der Waals surface area contributed by atoms with Gasteiger partial charge in [-0.15, -0.1) is 0 Å². The van der Waals surface area contributed by atoms with Crippen LogP contribution in [0.5, 0.6) is 0 Å². The second-order valence-electron chi connectivity index (χ2n) is 21.7. The Morgan fingerprint density at radius 1 is 0.304 bits per heavy atom. The van der Waals surface area contributed by atoms with Crippen molar-refractivity contribution >= 4 is 5.97 Å².